The number of aromatic nitrogens is 2. The van der Waals surface area contributed by atoms with E-state index in [0.717, 1.165) is 23.1 Å². The van der Waals surface area contributed by atoms with Crippen molar-refractivity contribution in [2.24, 2.45) is 16.6 Å². The van der Waals surface area contributed by atoms with Gasteiger partial charge in [-0.3, -0.25) is 9.69 Å². The molecule has 0 radical (unpaired) electrons. The van der Waals surface area contributed by atoms with E-state index in [0.29, 0.717) is 0 Å². The molecule has 1 amide bonds. The predicted molar refractivity (Wildman–Crippen MR) is 111 cm³/mol. The van der Waals surface area contributed by atoms with Crippen molar-refractivity contribution in [3.8, 4) is 5.88 Å². The summed E-state index contributed by atoms with van der Waals surface area (Å²) in [5.41, 5.74) is 4.16. The Hall–Kier alpha value is -3.89. The molecule has 8 nitrogen and oxygen atoms in total. The summed E-state index contributed by atoms with van der Waals surface area (Å²) in [4.78, 5) is 28.4. The molecule has 166 valence electrons. The number of hydrogen-bond donors (Lipinski definition) is 1. The highest BCUT2D eigenvalue weighted by molar-refractivity contribution is 6.02. The quantitative estimate of drug-likeness (QED) is 0.760. The van der Waals surface area contributed by atoms with Crippen molar-refractivity contribution in [2.45, 2.75) is 5.54 Å². The number of anilines is 1. The van der Waals surface area contributed by atoms with Gasteiger partial charge in [-0.25, -0.2) is 18.8 Å². The van der Waals surface area contributed by atoms with E-state index in [9.17, 15) is 18.0 Å². The second-order valence-electron chi connectivity index (χ2n) is 7.28. The number of nitrogens with zero attached hydrogens (tertiary/aromatic N) is 5. The normalized spacial score (nSPS) is 22.4. The fourth-order valence-electron chi connectivity index (χ4n) is 4.11. The smallest absolute Gasteiger partial charge is 0.255 e. The topological polar surface area (TPSA) is 96.9 Å². The SMILES string of the molecule is C=Cc1nc(N2C[C@H]3C(=O)N(C=C)C(N)=N[C@@]3(c3cc(F)ccc3F)C2)nc(OC)c1F. The lowest BCUT2D eigenvalue weighted by Crippen LogP contribution is -2.54. The van der Waals surface area contributed by atoms with Crippen molar-refractivity contribution in [3.63, 3.8) is 0 Å². The van der Waals surface area contributed by atoms with Gasteiger partial charge in [-0.15, -0.1) is 0 Å². The number of rotatable bonds is 5. The Labute approximate surface area is 181 Å². The number of benzene rings is 1. The molecule has 1 fully saturated rings. The molecule has 2 aliphatic rings. The van der Waals surface area contributed by atoms with Crippen LogP contribution in [0.15, 0.2) is 42.5 Å². The molecule has 11 heteroatoms. The second-order valence-corrected chi connectivity index (χ2v) is 7.28. The molecule has 2 aliphatic heterocycles. The van der Waals surface area contributed by atoms with Gasteiger partial charge in [-0.2, -0.15) is 9.37 Å². The highest BCUT2D eigenvalue weighted by Gasteiger charge is 2.57. The van der Waals surface area contributed by atoms with Crippen LogP contribution in [-0.4, -0.2) is 46.9 Å². The highest BCUT2D eigenvalue weighted by atomic mass is 19.1. The molecule has 0 bridgehead atoms. The number of carbonyl (C=O) groups is 1. The van der Waals surface area contributed by atoms with Crippen molar-refractivity contribution in [1.82, 2.24) is 14.9 Å². The fourth-order valence-corrected chi connectivity index (χ4v) is 4.11. The van der Waals surface area contributed by atoms with E-state index in [1.807, 2.05) is 0 Å². The molecule has 2 N–H and O–H groups in total. The van der Waals surface area contributed by atoms with Crippen molar-refractivity contribution in [1.29, 1.82) is 0 Å². The molecule has 0 unspecified atom stereocenters. The van der Waals surface area contributed by atoms with Gasteiger partial charge in [0, 0.05) is 18.3 Å². The maximum absolute atomic E-state index is 14.9. The number of guanidine groups is 1. The standard InChI is InChI=1S/C21H19F3N6O2/c1-4-15-16(24)17(32-3)27-20(26-15)29-9-13-18(31)30(5-2)19(25)28-21(13,10-29)12-8-11(22)6-7-14(12)23/h4-8,13H,1-2,9-10H2,3H3,(H2,25,28)/t13-,21+/m0/s1. The van der Waals surface area contributed by atoms with Crippen LogP contribution in [0.25, 0.3) is 6.08 Å². The average Bonchev–Trinajstić information content (AvgIpc) is 3.16. The van der Waals surface area contributed by atoms with Crippen LogP contribution < -0.4 is 15.4 Å². The van der Waals surface area contributed by atoms with Crippen molar-refractivity contribution in [3.05, 3.63) is 66.3 Å². The number of hydrogen-bond acceptors (Lipinski definition) is 7. The summed E-state index contributed by atoms with van der Waals surface area (Å²) in [7, 11) is 1.24. The second kappa shape index (κ2) is 7.66. The Morgan fingerprint density at radius 1 is 1.28 bits per heavy atom. The zero-order valence-corrected chi connectivity index (χ0v) is 17.1. The van der Waals surface area contributed by atoms with Gasteiger partial charge in [-0.1, -0.05) is 13.2 Å². The zero-order valence-electron chi connectivity index (χ0n) is 17.1. The molecule has 2 aromatic rings. The summed E-state index contributed by atoms with van der Waals surface area (Å²) in [5.74, 6) is -4.26. The number of nitrogens with two attached hydrogens (primary N) is 1. The zero-order chi connectivity index (χ0) is 23.2. The van der Waals surface area contributed by atoms with Crippen LogP contribution >= 0.6 is 0 Å². The monoisotopic (exact) mass is 444 g/mol. The summed E-state index contributed by atoms with van der Waals surface area (Å²) >= 11 is 0. The lowest BCUT2D eigenvalue weighted by molar-refractivity contribution is -0.131. The molecular formula is C21H19F3N6O2. The van der Waals surface area contributed by atoms with Gasteiger partial charge in [0.1, 0.15) is 22.9 Å². The maximum Gasteiger partial charge on any atom is 0.255 e. The minimum atomic E-state index is -1.56. The Bertz CT molecular complexity index is 1170. The van der Waals surface area contributed by atoms with E-state index < -0.39 is 34.8 Å². The van der Waals surface area contributed by atoms with Crippen LogP contribution in [-0.2, 0) is 10.3 Å². The van der Waals surface area contributed by atoms with Crippen molar-refractivity contribution < 1.29 is 22.7 Å². The number of amides is 1. The van der Waals surface area contributed by atoms with Gasteiger partial charge in [0.05, 0.1) is 19.6 Å². The molecule has 1 aromatic carbocycles. The summed E-state index contributed by atoms with van der Waals surface area (Å²) in [5, 5.41) is 0. The number of methoxy groups -OCH3 is 1. The first-order chi connectivity index (χ1) is 15.2. The van der Waals surface area contributed by atoms with Gasteiger partial charge in [0.25, 0.3) is 5.88 Å². The minimum absolute atomic E-state index is 0.00969. The lowest BCUT2D eigenvalue weighted by Gasteiger charge is -2.37. The van der Waals surface area contributed by atoms with Crippen LogP contribution in [0.2, 0.25) is 0 Å². The molecule has 1 aromatic heterocycles. The van der Waals surface area contributed by atoms with Gasteiger partial charge in [0.2, 0.25) is 23.6 Å². The van der Waals surface area contributed by atoms with Crippen LogP contribution in [0.5, 0.6) is 5.88 Å². The molecule has 2 atom stereocenters. The lowest BCUT2D eigenvalue weighted by atomic mass is 9.79. The molecule has 3 heterocycles. The van der Waals surface area contributed by atoms with E-state index in [1.54, 1.807) is 0 Å². The number of fused-ring (bicyclic) bond motifs is 1. The third-order valence-corrected chi connectivity index (χ3v) is 5.59. The van der Waals surface area contributed by atoms with E-state index in [-0.39, 0.29) is 42.1 Å². The largest absolute Gasteiger partial charge is 0.479 e. The third kappa shape index (κ3) is 3.08. The van der Waals surface area contributed by atoms with E-state index >= 15 is 0 Å². The van der Waals surface area contributed by atoms with Gasteiger partial charge in [0.15, 0.2) is 0 Å². The number of carbonyl (C=O) groups excluding carboxylic acids is 1. The Morgan fingerprint density at radius 2 is 2.03 bits per heavy atom. The van der Waals surface area contributed by atoms with Gasteiger partial charge in [-0.05, 0) is 24.3 Å². The summed E-state index contributed by atoms with van der Waals surface area (Å²) in [6.07, 6.45) is 2.39. The minimum Gasteiger partial charge on any atom is -0.479 e. The van der Waals surface area contributed by atoms with E-state index in [2.05, 4.69) is 28.1 Å². The maximum atomic E-state index is 14.9. The van der Waals surface area contributed by atoms with Crippen molar-refractivity contribution >= 4 is 23.9 Å². The molecule has 0 aliphatic carbocycles. The first kappa shape index (κ1) is 21.3. The summed E-state index contributed by atoms with van der Waals surface area (Å²) in [6.45, 7) is 6.94. The Morgan fingerprint density at radius 3 is 2.69 bits per heavy atom. The summed E-state index contributed by atoms with van der Waals surface area (Å²) in [6, 6.07) is 2.92. The number of ether oxygens (including phenoxy) is 1. The third-order valence-electron chi connectivity index (χ3n) is 5.59. The molecule has 0 saturated carbocycles. The van der Waals surface area contributed by atoms with Crippen LogP contribution in [0.3, 0.4) is 0 Å². The van der Waals surface area contributed by atoms with Crippen LogP contribution in [0.1, 0.15) is 11.3 Å². The van der Waals surface area contributed by atoms with E-state index in [1.165, 1.54) is 24.3 Å². The number of halogens is 3. The van der Waals surface area contributed by atoms with Crippen molar-refractivity contribution in [2.75, 3.05) is 25.1 Å². The first-order valence-corrected chi connectivity index (χ1v) is 9.51. The van der Waals surface area contributed by atoms with Gasteiger partial charge >= 0.3 is 0 Å². The summed E-state index contributed by atoms with van der Waals surface area (Å²) < 4.78 is 48.3. The van der Waals surface area contributed by atoms with Crippen LogP contribution in [0.4, 0.5) is 19.1 Å². The fraction of sp³-hybridized carbons (Fsp3) is 0.238. The molecule has 1 saturated heterocycles. The Balaban J connectivity index is 1.90. The predicted octanol–water partition coefficient (Wildman–Crippen LogP) is 2.18. The molecule has 4 rings (SSSR count). The first-order valence-electron chi connectivity index (χ1n) is 9.51. The highest BCUT2D eigenvalue weighted by Crippen LogP contribution is 2.46. The Kier molecular flexibility index (Phi) is 5.11. The molecule has 32 heavy (non-hydrogen) atoms. The number of aliphatic imine (C=N–C) groups is 1. The molecule has 0 spiro atoms. The average molecular weight is 444 g/mol. The van der Waals surface area contributed by atoms with E-state index in [4.69, 9.17) is 10.5 Å². The van der Waals surface area contributed by atoms with Gasteiger partial charge < -0.3 is 15.4 Å². The molecular weight excluding hydrogens is 425 g/mol. The van der Waals surface area contributed by atoms with Crippen LogP contribution in [0, 0.1) is 23.4 Å².